The molecule has 0 saturated heterocycles. The van der Waals surface area contributed by atoms with E-state index in [1.54, 1.807) is 0 Å². The summed E-state index contributed by atoms with van der Waals surface area (Å²) in [6.45, 7) is 0.355. The number of aromatic nitrogens is 2. The number of fused-ring (bicyclic) bond motifs is 1. The quantitative estimate of drug-likeness (QED) is 0.788. The van der Waals surface area contributed by atoms with Crippen molar-refractivity contribution in [2.75, 3.05) is 0 Å². The molecule has 0 atom stereocenters. The first-order chi connectivity index (χ1) is 10.6. The van der Waals surface area contributed by atoms with Crippen LogP contribution in [0.4, 0.5) is 4.79 Å². The van der Waals surface area contributed by atoms with E-state index < -0.39 is 11.4 Å². The van der Waals surface area contributed by atoms with Crippen LogP contribution >= 0.6 is 11.7 Å². The van der Waals surface area contributed by atoms with E-state index in [4.69, 9.17) is 5.73 Å². The molecule has 1 aliphatic rings. The van der Waals surface area contributed by atoms with Gasteiger partial charge < -0.3 is 16.4 Å². The molecule has 116 valence electrons. The van der Waals surface area contributed by atoms with Crippen LogP contribution in [0.15, 0.2) is 18.2 Å². The Balaban J connectivity index is 1.60. The van der Waals surface area contributed by atoms with E-state index in [1.165, 1.54) is 0 Å². The van der Waals surface area contributed by atoms with E-state index in [1.807, 2.05) is 18.2 Å². The van der Waals surface area contributed by atoms with Crippen LogP contribution in [0.5, 0.6) is 0 Å². The predicted molar refractivity (Wildman–Crippen MR) is 83.2 cm³/mol. The Bertz CT molecular complexity index is 708. The summed E-state index contributed by atoms with van der Waals surface area (Å²) in [5.74, 6) is -0.463. The van der Waals surface area contributed by atoms with Crippen molar-refractivity contribution in [3.8, 4) is 0 Å². The number of nitrogens with two attached hydrogens (primary N) is 1. The maximum Gasteiger partial charge on any atom is 0.315 e. The zero-order valence-electron chi connectivity index (χ0n) is 12.0. The van der Waals surface area contributed by atoms with Gasteiger partial charge in [0.15, 0.2) is 0 Å². The number of carbonyl (C=O) groups excluding carboxylic acids is 2. The molecule has 0 unspecified atom stereocenters. The standard InChI is InChI=1S/C14H17N5O2S/c15-12(20)14(5-1-2-6-14)17-13(21)16-8-9-3-4-10-11(7-9)19-22-18-10/h3-4,7H,1-2,5-6,8H2,(H2,15,20)(H2,16,17,21). The highest BCUT2D eigenvalue weighted by Crippen LogP contribution is 2.29. The number of carbonyl (C=O) groups is 2. The van der Waals surface area contributed by atoms with Gasteiger partial charge in [-0.1, -0.05) is 18.9 Å². The monoisotopic (exact) mass is 319 g/mol. The second-order valence-electron chi connectivity index (χ2n) is 5.55. The molecule has 2 aromatic rings. The topological polar surface area (TPSA) is 110 Å². The van der Waals surface area contributed by atoms with Gasteiger partial charge in [-0.25, -0.2) is 4.79 Å². The summed E-state index contributed by atoms with van der Waals surface area (Å²) in [4.78, 5) is 23.7. The van der Waals surface area contributed by atoms with Crippen LogP contribution in [0.1, 0.15) is 31.2 Å². The third kappa shape index (κ3) is 2.87. The smallest absolute Gasteiger partial charge is 0.315 e. The molecule has 1 aromatic heterocycles. The fourth-order valence-corrected chi connectivity index (χ4v) is 3.31. The summed E-state index contributed by atoms with van der Waals surface area (Å²) in [7, 11) is 0. The maximum atomic E-state index is 12.0. The highest BCUT2D eigenvalue weighted by Gasteiger charge is 2.40. The van der Waals surface area contributed by atoms with Crippen LogP contribution < -0.4 is 16.4 Å². The maximum absolute atomic E-state index is 12.0. The highest BCUT2D eigenvalue weighted by molar-refractivity contribution is 7.00. The third-order valence-electron chi connectivity index (χ3n) is 4.05. The molecule has 0 radical (unpaired) electrons. The number of nitrogens with one attached hydrogen (secondary N) is 2. The molecule has 22 heavy (non-hydrogen) atoms. The molecule has 0 bridgehead atoms. The van der Waals surface area contributed by atoms with Gasteiger partial charge in [-0.15, -0.1) is 0 Å². The fourth-order valence-electron chi connectivity index (χ4n) is 2.79. The largest absolute Gasteiger partial charge is 0.368 e. The molecule has 4 N–H and O–H groups in total. The molecule has 3 amide bonds. The molecule has 1 aromatic carbocycles. The Kier molecular flexibility index (Phi) is 3.93. The van der Waals surface area contributed by atoms with Crippen molar-refractivity contribution in [2.45, 2.75) is 37.8 Å². The molecular weight excluding hydrogens is 302 g/mol. The summed E-state index contributed by atoms with van der Waals surface area (Å²) in [5.41, 5.74) is 7.13. The second kappa shape index (κ2) is 5.88. The normalized spacial score (nSPS) is 16.5. The molecule has 8 heteroatoms. The lowest BCUT2D eigenvalue weighted by molar-refractivity contribution is -0.123. The minimum atomic E-state index is -0.896. The van der Waals surface area contributed by atoms with E-state index in [0.717, 1.165) is 41.2 Å². The summed E-state index contributed by atoms with van der Waals surface area (Å²) >= 11 is 1.16. The molecule has 1 saturated carbocycles. The van der Waals surface area contributed by atoms with Gasteiger partial charge in [0.2, 0.25) is 5.91 Å². The molecular formula is C14H17N5O2S. The van der Waals surface area contributed by atoms with Gasteiger partial charge in [-0.05, 0) is 30.5 Å². The molecule has 7 nitrogen and oxygen atoms in total. The van der Waals surface area contributed by atoms with Crippen molar-refractivity contribution in [3.05, 3.63) is 23.8 Å². The van der Waals surface area contributed by atoms with Gasteiger partial charge in [0.25, 0.3) is 0 Å². The van der Waals surface area contributed by atoms with Gasteiger partial charge in [0.1, 0.15) is 16.6 Å². The fraction of sp³-hybridized carbons (Fsp3) is 0.429. The van der Waals surface area contributed by atoms with Crippen LogP contribution in [-0.4, -0.2) is 26.2 Å². The number of hydrogen-bond acceptors (Lipinski definition) is 5. The Hall–Kier alpha value is -2.22. The van der Waals surface area contributed by atoms with E-state index in [0.29, 0.717) is 19.4 Å². The lowest BCUT2D eigenvalue weighted by Crippen LogP contribution is -2.57. The minimum absolute atomic E-state index is 0.355. The third-order valence-corrected chi connectivity index (χ3v) is 4.61. The van der Waals surface area contributed by atoms with Gasteiger partial charge in [0, 0.05) is 6.54 Å². The highest BCUT2D eigenvalue weighted by atomic mass is 32.1. The average Bonchev–Trinajstić information content (AvgIpc) is 3.14. The first-order valence-electron chi connectivity index (χ1n) is 7.16. The van der Waals surface area contributed by atoms with Gasteiger partial charge in [-0.3, -0.25) is 4.79 Å². The van der Waals surface area contributed by atoms with Crippen LogP contribution in [-0.2, 0) is 11.3 Å². The van der Waals surface area contributed by atoms with Crippen LogP contribution in [0.2, 0.25) is 0 Å². The summed E-state index contributed by atoms with van der Waals surface area (Å²) in [6, 6.07) is 5.27. The number of hydrogen-bond donors (Lipinski definition) is 3. The average molecular weight is 319 g/mol. The number of rotatable bonds is 4. The molecule has 3 rings (SSSR count). The Morgan fingerprint density at radius 1 is 1.23 bits per heavy atom. The van der Waals surface area contributed by atoms with E-state index in [-0.39, 0.29) is 6.03 Å². The van der Waals surface area contributed by atoms with Crippen molar-refractivity contribution >= 4 is 34.7 Å². The number of nitrogens with zero attached hydrogens (tertiary/aromatic N) is 2. The van der Waals surface area contributed by atoms with Crippen LogP contribution in [0.25, 0.3) is 11.0 Å². The number of benzene rings is 1. The van der Waals surface area contributed by atoms with Crippen molar-refractivity contribution in [1.29, 1.82) is 0 Å². The molecule has 1 aliphatic carbocycles. The minimum Gasteiger partial charge on any atom is -0.368 e. The molecule has 0 aliphatic heterocycles. The van der Waals surface area contributed by atoms with E-state index >= 15 is 0 Å². The van der Waals surface area contributed by atoms with Gasteiger partial charge in [-0.2, -0.15) is 8.75 Å². The van der Waals surface area contributed by atoms with Crippen molar-refractivity contribution < 1.29 is 9.59 Å². The zero-order valence-corrected chi connectivity index (χ0v) is 12.8. The van der Waals surface area contributed by atoms with Gasteiger partial charge in [0.05, 0.1) is 11.7 Å². The number of primary amides is 1. The Morgan fingerprint density at radius 2 is 1.95 bits per heavy atom. The SMILES string of the molecule is NC(=O)C1(NC(=O)NCc2ccc3nsnc3c2)CCCC1. The van der Waals surface area contributed by atoms with E-state index in [2.05, 4.69) is 19.4 Å². The lowest BCUT2D eigenvalue weighted by Gasteiger charge is -2.26. The molecule has 1 fully saturated rings. The summed E-state index contributed by atoms with van der Waals surface area (Å²) < 4.78 is 8.30. The molecule has 0 spiro atoms. The predicted octanol–water partition coefficient (Wildman–Crippen LogP) is 1.29. The van der Waals surface area contributed by atoms with Gasteiger partial charge >= 0.3 is 6.03 Å². The summed E-state index contributed by atoms with van der Waals surface area (Å²) in [6.07, 6.45) is 3.01. The summed E-state index contributed by atoms with van der Waals surface area (Å²) in [5, 5.41) is 5.50. The van der Waals surface area contributed by atoms with Crippen molar-refractivity contribution in [2.24, 2.45) is 5.73 Å². The lowest BCUT2D eigenvalue weighted by atomic mass is 9.97. The Morgan fingerprint density at radius 3 is 2.68 bits per heavy atom. The first-order valence-corrected chi connectivity index (χ1v) is 7.89. The first kappa shape index (κ1) is 14.7. The number of amides is 3. The number of urea groups is 1. The van der Waals surface area contributed by atoms with E-state index in [9.17, 15) is 9.59 Å². The van der Waals surface area contributed by atoms with Crippen LogP contribution in [0, 0.1) is 0 Å². The van der Waals surface area contributed by atoms with Crippen LogP contribution in [0.3, 0.4) is 0 Å². The molecule has 1 heterocycles. The van der Waals surface area contributed by atoms with Crippen molar-refractivity contribution in [1.82, 2.24) is 19.4 Å². The Labute approximate surface area is 131 Å². The van der Waals surface area contributed by atoms with Crippen molar-refractivity contribution in [3.63, 3.8) is 0 Å². The second-order valence-corrected chi connectivity index (χ2v) is 6.08. The zero-order chi connectivity index (χ0) is 15.6.